The van der Waals surface area contributed by atoms with Gasteiger partial charge in [-0.05, 0) is 31.0 Å². The number of nitrogens with one attached hydrogen (secondary N) is 1. The molecule has 0 aliphatic rings. The Morgan fingerprint density at radius 2 is 2.19 bits per heavy atom. The van der Waals surface area contributed by atoms with E-state index in [-0.39, 0.29) is 5.56 Å². The zero-order valence-corrected chi connectivity index (χ0v) is 9.10. The molecule has 1 aromatic heterocycles. The minimum absolute atomic E-state index is 0.280. The molecule has 0 aliphatic carbocycles. The first-order valence-electron chi connectivity index (χ1n) is 5.08. The molecule has 0 fully saturated rings. The van der Waals surface area contributed by atoms with Gasteiger partial charge < -0.3 is 10.1 Å². The fourth-order valence-corrected chi connectivity index (χ4v) is 1.92. The van der Waals surface area contributed by atoms with Crippen molar-refractivity contribution in [1.29, 1.82) is 0 Å². The van der Waals surface area contributed by atoms with Crippen LogP contribution in [0.4, 0.5) is 4.39 Å². The van der Waals surface area contributed by atoms with Crippen LogP contribution >= 0.6 is 0 Å². The standard InChI is InChI=1S/C12H12FNO2/c1-3-10-6(2)7-4-8(12(15)16)9(13)5-11(7)14-10/h4-5,14H,3H2,1-2H3,(H,15,16). The summed E-state index contributed by atoms with van der Waals surface area (Å²) >= 11 is 0. The van der Waals surface area contributed by atoms with Crippen molar-refractivity contribution < 1.29 is 14.3 Å². The van der Waals surface area contributed by atoms with E-state index in [0.717, 1.165) is 23.1 Å². The van der Waals surface area contributed by atoms with E-state index in [1.165, 1.54) is 12.1 Å². The Morgan fingerprint density at radius 3 is 2.75 bits per heavy atom. The van der Waals surface area contributed by atoms with Gasteiger partial charge in [0.05, 0.1) is 5.56 Å². The summed E-state index contributed by atoms with van der Waals surface area (Å²) < 4.78 is 13.4. The van der Waals surface area contributed by atoms with Crippen molar-refractivity contribution in [2.45, 2.75) is 20.3 Å². The van der Waals surface area contributed by atoms with Crippen LogP contribution in [0.2, 0.25) is 0 Å². The van der Waals surface area contributed by atoms with Crippen molar-refractivity contribution in [1.82, 2.24) is 4.98 Å². The van der Waals surface area contributed by atoms with Gasteiger partial charge in [0.1, 0.15) is 5.82 Å². The van der Waals surface area contributed by atoms with Gasteiger partial charge in [0.2, 0.25) is 0 Å². The van der Waals surface area contributed by atoms with E-state index in [2.05, 4.69) is 4.98 Å². The van der Waals surface area contributed by atoms with Crippen molar-refractivity contribution in [3.8, 4) is 0 Å². The van der Waals surface area contributed by atoms with Crippen LogP contribution < -0.4 is 0 Å². The quantitative estimate of drug-likeness (QED) is 0.819. The molecule has 0 saturated carbocycles. The number of aromatic amines is 1. The number of carbonyl (C=O) groups is 1. The minimum atomic E-state index is -1.24. The zero-order chi connectivity index (χ0) is 11.9. The third-order valence-electron chi connectivity index (χ3n) is 2.83. The molecule has 84 valence electrons. The summed E-state index contributed by atoms with van der Waals surface area (Å²) in [5.74, 6) is -1.94. The maximum atomic E-state index is 13.4. The molecule has 0 spiro atoms. The van der Waals surface area contributed by atoms with Gasteiger partial charge in [0.25, 0.3) is 0 Å². The number of rotatable bonds is 2. The predicted molar refractivity (Wildman–Crippen MR) is 59.3 cm³/mol. The van der Waals surface area contributed by atoms with E-state index in [9.17, 15) is 9.18 Å². The van der Waals surface area contributed by atoms with E-state index >= 15 is 0 Å². The molecule has 0 saturated heterocycles. The van der Waals surface area contributed by atoms with Crippen molar-refractivity contribution in [3.63, 3.8) is 0 Å². The van der Waals surface area contributed by atoms with E-state index in [1.54, 1.807) is 0 Å². The summed E-state index contributed by atoms with van der Waals surface area (Å²) in [5, 5.41) is 9.60. The van der Waals surface area contributed by atoms with Crippen LogP contribution in [-0.4, -0.2) is 16.1 Å². The molecular formula is C12H12FNO2. The van der Waals surface area contributed by atoms with Crippen molar-refractivity contribution >= 4 is 16.9 Å². The molecule has 4 heteroatoms. The Bertz CT molecular complexity index is 572. The molecular weight excluding hydrogens is 209 g/mol. The summed E-state index contributed by atoms with van der Waals surface area (Å²) in [5.41, 5.74) is 2.37. The van der Waals surface area contributed by atoms with Gasteiger partial charge in [0, 0.05) is 16.6 Å². The SMILES string of the molecule is CCc1[nH]c2cc(F)c(C(=O)O)cc2c1C. The van der Waals surface area contributed by atoms with Crippen molar-refractivity contribution in [2.24, 2.45) is 0 Å². The molecule has 2 aromatic rings. The topological polar surface area (TPSA) is 53.1 Å². The third kappa shape index (κ3) is 1.46. The van der Waals surface area contributed by atoms with E-state index in [1.807, 2.05) is 13.8 Å². The fourth-order valence-electron chi connectivity index (χ4n) is 1.92. The van der Waals surface area contributed by atoms with Crippen LogP contribution in [0.5, 0.6) is 0 Å². The highest BCUT2D eigenvalue weighted by molar-refractivity contribution is 5.95. The van der Waals surface area contributed by atoms with Crippen LogP contribution in [0.1, 0.15) is 28.5 Å². The molecule has 16 heavy (non-hydrogen) atoms. The first kappa shape index (κ1) is 10.7. The molecule has 2 rings (SSSR count). The molecule has 0 unspecified atom stereocenters. The number of H-pyrrole nitrogens is 1. The summed E-state index contributed by atoms with van der Waals surface area (Å²) in [6, 6.07) is 2.63. The van der Waals surface area contributed by atoms with Gasteiger partial charge >= 0.3 is 5.97 Å². The third-order valence-corrected chi connectivity index (χ3v) is 2.83. The van der Waals surface area contributed by atoms with Gasteiger partial charge in [0.15, 0.2) is 0 Å². The summed E-state index contributed by atoms with van der Waals surface area (Å²) in [6.07, 6.45) is 0.810. The zero-order valence-electron chi connectivity index (χ0n) is 9.10. The van der Waals surface area contributed by atoms with Gasteiger partial charge in [-0.3, -0.25) is 0 Å². The number of hydrogen-bond donors (Lipinski definition) is 2. The molecule has 1 aromatic carbocycles. The number of hydrogen-bond acceptors (Lipinski definition) is 1. The molecule has 0 radical (unpaired) electrons. The second-order valence-corrected chi connectivity index (χ2v) is 3.76. The maximum absolute atomic E-state index is 13.4. The highest BCUT2D eigenvalue weighted by Gasteiger charge is 2.14. The lowest BCUT2D eigenvalue weighted by atomic mass is 10.1. The Kier molecular flexibility index (Phi) is 2.42. The largest absolute Gasteiger partial charge is 0.478 e. The van der Waals surface area contributed by atoms with Gasteiger partial charge in [-0.15, -0.1) is 0 Å². The van der Waals surface area contributed by atoms with Crippen LogP contribution in [-0.2, 0) is 6.42 Å². The Morgan fingerprint density at radius 1 is 1.50 bits per heavy atom. The first-order chi connectivity index (χ1) is 7.54. The molecule has 0 bridgehead atoms. The lowest BCUT2D eigenvalue weighted by molar-refractivity contribution is 0.0692. The molecule has 1 heterocycles. The number of fused-ring (bicyclic) bond motifs is 1. The van der Waals surface area contributed by atoms with Crippen molar-refractivity contribution in [2.75, 3.05) is 0 Å². The number of carboxylic acid groups (broad SMARTS) is 1. The Hall–Kier alpha value is -1.84. The van der Waals surface area contributed by atoms with Gasteiger partial charge in [-0.2, -0.15) is 0 Å². The van der Waals surface area contributed by atoms with Gasteiger partial charge in [-0.25, -0.2) is 9.18 Å². The summed E-state index contributed by atoms with van der Waals surface area (Å²) in [6.45, 7) is 3.90. The summed E-state index contributed by atoms with van der Waals surface area (Å²) in [7, 11) is 0. The van der Waals surface area contributed by atoms with Crippen LogP contribution in [0.25, 0.3) is 10.9 Å². The molecule has 0 aliphatic heterocycles. The highest BCUT2D eigenvalue weighted by Crippen LogP contribution is 2.25. The van der Waals surface area contributed by atoms with E-state index in [4.69, 9.17) is 5.11 Å². The molecule has 0 atom stereocenters. The maximum Gasteiger partial charge on any atom is 0.338 e. The minimum Gasteiger partial charge on any atom is -0.478 e. The number of aromatic carboxylic acids is 1. The summed E-state index contributed by atoms with van der Waals surface area (Å²) in [4.78, 5) is 13.9. The lowest BCUT2D eigenvalue weighted by Crippen LogP contribution is -1.99. The number of benzene rings is 1. The van der Waals surface area contributed by atoms with Crippen LogP contribution in [0.15, 0.2) is 12.1 Å². The average Bonchev–Trinajstić information content (AvgIpc) is 2.53. The van der Waals surface area contributed by atoms with Crippen molar-refractivity contribution in [3.05, 3.63) is 34.8 Å². The fraction of sp³-hybridized carbons (Fsp3) is 0.250. The van der Waals surface area contributed by atoms with E-state index in [0.29, 0.717) is 5.52 Å². The predicted octanol–water partition coefficient (Wildman–Crippen LogP) is 2.88. The van der Waals surface area contributed by atoms with Crippen LogP contribution in [0.3, 0.4) is 0 Å². The number of aryl methyl sites for hydroxylation is 2. The number of carboxylic acids is 1. The van der Waals surface area contributed by atoms with Crippen LogP contribution in [0, 0.1) is 12.7 Å². The monoisotopic (exact) mass is 221 g/mol. The lowest BCUT2D eigenvalue weighted by Gasteiger charge is -1.98. The smallest absolute Gasteiger partial charge is 0.338 e. The molecule has 0 amide bonds. The Balaban J connectivity index is 2.77. The second-order valence-electron chi connectivity index (χ2n) is 3.76. The second kappa shape index (κ2) is 3.63. The normalized spacial score (nSPS) is 10.9. The number of halogens is 1. The molecule has 2 N–H and O–H groups in total. The highest BCUT2D eigenvalue weighted by atomic mass is 19.1. The average molecular weight is 221 g/mol. The molecule has 3 nitrogen and oxygen atoms in total. The Labute approximate surface area is 91.9 Å². The van der Waals surface area contributed by atoms with Gasteiger partial charge in [-0.1, -0.05) is 6.92 Å². The van der Waals surface area contributed by atoms with E-state index < -0.39 is 11.8 Å². The number of aromatic nitrogens is 1. The first-order valence-corrected chi connectivity index (χ1v) is 5.08.